The van der Waals surface area contributed by atoms with Crippen molar-refractivity contribution in [3.63, 3.8) is 0 Å². The van der Waals surface area contributed by atoms with E-state index in [1.54, 1.807) is 42.5 Å². The highest BCUT2D eigenvalue weighted by atomic mass is 35.5. The third-order valence-electron chi connectivity index (χ3n) is 3.31. The van der Waals surface area contributed by atoms with Crippen LogP contribution in [0.4, 0.5) is 0 Å². The number of rotatable bonds is 4. The summed E-state index contributed by atoms with van der Waals surface area (Å²) in [5.74, 6) is -0.915. The molecule has 2 aromatic carbocycles. The molecule has 9 heteroatoms. The number of aromatic nitrogens is 2. The fourth-order valence-corrected chi connectivity index (χ4v) is 3.47. The van der Waals surface area contributed by atoms with E-state index in [-0.39, 0.29) is 15.7 Å². The molecule has 128 valence electrons. The maximum Gasteiger partial charge on any atom is 0.286 e. The lowest BCUT2D eigenvalue weighted by Gasteiger charge is -2.06. The predicted molar refractivity (Wildman–Crippen MR) is 94.7 cm³/mol. The van der Waals surface area contributed by atoms with E-state index in [2.05, 4.69) is 4.98 Å². The molecule has 0 fully saturated rings. The van der Waals surface area contributed by atoms with Crippen LogP contribution < -0.4 is 4.72 Å². The third-order valence-corrected chi connectivity index (χ3v) is 5.27. The van der Waals surface area contributed by atoms with Crippen molar-refractivity contribution in [2.75, 3.05) is 0 Å². The second-order valence-electron chi connectivity index (χ2n) is 4.98. The van der Waals surface area contributed by atoms with Crippen molar-refractivity contribution in [3.05, 3.63) is 76.8 Å². The highest BCUT2D eigenvalue weighted by Crippen LogP contribution is 2.22. The maximum atomic E-state index is 12.3. The molecule has 0 aliphatic carbocycles. The average molecular weight is 396 g/mol. The molecule has 1 amide bonds. The number of nitrogens with zero attached hydrogens (tertiary/aromatic N) is 2. The summed E-state index contributed by atoms with van der Waals surface area (Å²) in [5.41, 5.74) is 0.433. The van der Waals surface area contributed by atoms with Crippen molar-refractivity contribution in [2.24, 2.45) is 0 Å². The van der Waals surface area contributed by atoms with Crippen LogP contribution in [0.3, 0.4) is 0 Å². The molecule has 3 rings (SSSR count). The number of imidazole rings is 1. The number of carbonyl (C=O) groups is 1. The van der Waals surface area contributed by atoms with Gasteiger partial charge in [0, 0.05) is 10.7 Å². The molecule has 1 N–H and O–H groups in total. The Labute approximate surface area is 154 Å². The van der Waals surface area contributed by atoms with Gasteiger partial charge in [0.2, 0.25) is 0 Å². The average Bonchev–Trinajstić information content (AvgIpc) is 2.98. The van der Waals surface area contributed by atoms with Crippen molar-refractivity contribution in [2.45, 2.75) is 4.90 Å². The van der Waals surface area contributed by atoms with E-state index >= 15 is 0 Å². The Hall–Kier alpha value is -2.35. The summed E-state index contributed by atoms with van der Waals surface area (Å²) in [4.78, 5) is 16.2. The maximum absolute atomic E-state index is 12.3. The summed E-state index contributed by atoms with van der Waals surface area (Å²) >= 11 is 12.0. The Morgan fingerprint density at radius 2 is 1.64 bits per heavy atom. The number of hydrogen-bond donors (Lipinski definition) is 1. The van der Waals surface area contributed by atoms with Crippen molar-refractivity contribution >= 4 is 39.1 Å². The fourth-order valence-electron chi connectivity index (χ4n) is 2.10. The first-order valence-corrected chi connectivity index (χ1v) is 9.23. The van der Waals surface area contributed by atoms with E-state index in [4.69, 9.17) is 23.2 Å². The Kier molecular flexibility index (Phi) is 4.80. The lowest BCUT2D eigenvalue weighted by Crippen LogP contribution is -2.31. The molecule has 0 spiro atoms. The molecule has 3 aromatic rings. The Morgan fingerprint density at radius 3 is 2.28 bits per heavy atom. The van der Waals surface area contributed by atoms with Crippen LogP contribution in [0.5, 0.6) is 0 Å². The van der Waals surface area contributed by atoms with Gasteiger partial charge in [-0.3, -0.25) is 9.36 Å². The minimum absolute atomic E-state index is 0.0110. The predicted octanol–water partition coefficient (Wildman–Crippen LogP) is 3.30. The Balaban J connectivity index is 1.88. The van der Waals surface area contributed by atoms with E-state index in [1.165, 1.54) is 23.0 Å². The number of carbonyl (C=O) groups excluding carboxylic acids is 1. The van der Waals surface area contributed by atoms with Crippen molar-refractivity contribution in [1.29, 1.82) is 0 Å². The van der Waals surface area contributed by atoms with Gasteiger partial charge in [0.1, 0.15) is 11.5 Å². The van der Waals surface area contributed by atoms with Crippen LogP contribution in [0.1, 0.15) is 10.5 Å². The number of benzene rings is 2. The Morgan fingerprint density at radius 1 is 1.00 bits per heavy atom. The SMILES string of the molecule is O=C(NS(=O)(=O)c1ccccc1)c1ncn(-c2ccc(Cl)cc2)c1Cl. The van der Waals surface area contributed by atoms with Crippen LogP contribution in [0.25, 0.3) is 5.69 Å². The zero-order valence-electron chi connectivity index (χ0n) is 12.6. The number of amides is 1. The van der Waals surface area contributed by atoms with Gasteiger partial charge in [0.25, 0.3) is 15.9 Å². The molecule has 0 aliphatic rings. The topological polar surface area (TPSA) is 81.1 Å². The summed E-state index contributed by atoms with van der Waals surface area (Å²) in [5, 5.41) is 0.537. The summed E-state index contributed by atoms with van der Waals surface area (Å²) in [6, 6.07) is 14.2. The van der Waals surface area contributed by atoms with Crippen LogP contribution >= 0.6 is 23.2 Å². The quantitative estimate of drug-likeness (QED) is 0.734. The minimum atomic E-state index is -4.01. The summed E-state index contributed by atoms with van der Waals surface area (Å²) in [7, 11) is -4.01. The molecule has 6 nitrogen and oxygen atoms in total. The highest BCUT2D eigenvalue weighted by Gasteiger charge is 2.23. The number of nitrogens with one attached hydrogen (secondary N) is 1. The van der Waals surface area contributed by atoms with Gasteiger partial charge in [-0.15, -0.1) is 0 Å². The van der Waals surface area contributed by atoms with Gasteiger partial charge in [-0.1, -0.05) is 41.4 Å². The van der Waals surface area contributed by atoms with Gasteiger partial charge >= 0.3 is 0 Å². The van der Waals surface area contributed by atoms with Gasteiger partial charge < -0.3 is 0 Å². The number of halogens is 2. The van der Waals surface area contributed by atoms with E-state index in [0.29, 0.717) is 10.7 Å². The first-order valence-electron chi connectivity index (χ1n) is 6.99. The van der Waals surface area contributed by atoms with Gasteiger partial charge in [-0.05, 0) is 36.4 Å². The highest BCUT2D eigenvalue weighted by molar-refractivity contribution is 7.90. The minimum Gasteiger partial charge on any atom is -0.289 e. The second-order valence-corrected chi connectivity index (χ2v) is 7.45. The number of hydrogen-bond acceptors (Lipinski definition) is 4. The van der Waals surface area contributed by atoms with E-state index in [9.17, 15) is 13.2 Å². The molecule has 0 radical (unpaired) electrons. The lowest BCUT2D eigenvalue weighted by atomic mass is 10.3. The molecule has 1 aromatic heterocycles. The smallest absolute Gasteiger partial charge is 0.286 e. The molecule has 0 aliphatic heterocycles. The summed E-state index contributed by atoms with van der Waals surface area (Å²) < 4.78 is 27.8. The fraction of sp³-hybridized carbons (Fsp3) is 0. The van der Waals surface area contributed by atoms with Crippen molar-refractivity contribution < 1.29 is 13.2 Å². The molecule has 0 saturated heterocycles. The normalized spacial score (nSPS) is 11.3. The summed E-state index contributed by atoms with van der Waals surface area (Å²) in [6.45, 7) is 0. The lowest BCUT2D eigenvalue weighted by molar-refractivity contribution is 0.0977. The Bertz CT molecular complexity index is 1020. The zero-order valence-corrected chi connectivity index (χ0v) is 14.9. The van der Waals surface area contributed by atoms with Gasteiger partial charge in [0.05, 0.1) is 4.90 Å². The molecule has 1 heterocycles. The largest absolute Gasteiger partial charge is 0.289 e. The van der Waals surface area contributed by atoms with Gasteiger partial charge in [0.15, 0.2) is 5.69 Å². The molecular weight excluding hydrogens is 385 g/mol. The van der Waals surface area contributed by atoms with E-state index in [1.807, 2.05) is 4.72 Å². The first kappa shape index (κ1) is 17.5. The molecular formula is C16H11Cl2N3O3S. The van der Waals surface area contributed by atoms with Crippen LogP contribution in [-0.4, -0.2) is 23.9 Å². The van der Waals surface area contributed by atoms with Gasteiger partial charge in [-0.25, -0.2) is 18.1 Å². The van der Waals surface area contributed by atoms with E-state index in [0.717, 1.165) is 0 Å². The summed E-state index contributed by atoms with van der Waals surface area (Å²) in [6.07, 6.45) is 1.33. The van der Waals surface area contributed by atoms with Crippen LogP contribution in [0.2, 0.25) is 10.2 Å². The zero-order chi connectivity index (χ0) is 18.0. The standard InChI is InChI=1S/C16H11Cl2N3O3S/c17-11-6-8-12(9-7-11)21-10-19-14(15(21)18)16(22)20-25(23,24)13-4-2-1-3-5-13/h1-10H,(H,20,22). The molecule has 0 saturated carbocycles. The molecule has 0 unspecified atom stereocenters. The number of sulfonamides is 1. The third kappa shape index (κ3) is 3.68. The van der Waals surface area contributed by atoms with Crippen LogP contribution in [0.15, 0.2) is 65.8 Å². The van der Waals surface area contributed by atoms with Crippen LogP contribution in [-0.2, 0) is 10.0 Å². The molecule has 0 atom stereocenters. The van der Waals surface area contributed by atoms with Crippen molar-refractivity contribution in [1.82, 2.24) is 14.3 Å². The monoisotopic (exact) mass is 395 g/mol. The molecule has 0 bridgehead atoms. The van der Waals surface area contributed by atoms with Gasteiger partial charge in [-0.2, -0.15) is 0 Å². The first-order chi connectivity index (χ1) is 11.9. The second kappa shape index (κ2) is 6.87. The van der Waals surface area contributed by atoms with Crippen LogP contribution in [0, 0.1) is 0 Å². The van der Waals surface area contributed by atoms with E-state index < -0.39 is 15.9 Å². The molecule has 25 heavy (non-hydrogen) atoms. The van der Waals surface area contributed by atoms with Crippen molar-refractivity contribution in [3.8, 4) is 5.69 Å².